The number of halogens is 4. The van der Waals surface area contributed by atoms with E-state index in [2.05, 4.69) is 40.2 Å². The third-order valence-corrected chi connectivity index (χ3v) is 8.12. The van der Waals surface area contributed by atoms with Gasteiger partial charge in [-0.05, 0) is 78.6 Å². The van der Waals surface area contributed by atoms with E-state index in [0.717, 1.165) is 29.3 Å². The maximum atomic E-state index is 10.8. The molecular formula is C28H23BrCl3NO2. The van der Waals surface area contributed by atoms with Crippen LogP contribution in [0.3, 0.4) is 0 Å². The normalized spacial score (nSPS) is 19.8. The highest BCUT2D eigenvalue weighted by molar-refractivity contribution is 9.10. The van der Waals surface area contributed by atoms with Crippen LogP contribution in [0.1, 0.15) is 47.8 Å². The molecule has 0 aromatic heterocycles. The molecule has 2 saturated carbocycles. The molecule has 35 heavy (non-hydrogen) atoms. The van der Waals surface area contributed by atoms with Crippen molar-refractivity contribution in [3.63, 3.8) is 0 Å². The number of benzene rings is 3. The number of rotatable bonds is 8. The summed E-state index contributed by atoms with van der Waals surface area (Å²) in [6, 6.07) is 19.3. The van der Waals surface area contributed by atoms with Crippen molar-refractivity contribution in [1.82, 2.24) is 0 Å². The molecule has 0 heterocycles. The fourth-order valence-corrected chi connectivity index (χ4v) is 5.60. The highest BCUT2D eigenvalue weighted by Gasteiger charge is 2.40. The van der Waals surface area contributed by atoms with Crippen LogP contribution in [-0.4, -0.2) is 17.4 Å². The van der Waals surface area contributed by atoms with E-state index in [1.807, 2.05) is 18.2 Å². The van der Waals surface area contributed by atoms with Crippen LogP contribution in [0.4, 0.5) is 0 Å². The number of aliphatic hydroxyl groups excluding tert-OH is 1. The first-order valence-corrected chi connectivity index (χ1v) is 13.4. The van der Waals surface area contributed by atoms with Gasteiger partial charge in [0.1, 0.15) is 18.1 Å². The van der Waals surface area contributed by atoms with Crippen molar-refractivity contribution < 1.29 is 9.84 Å². The second-order valence-electron chi connectivity index (χ2n) is 9.08. The van der Waals surface area contributed by atoms with Crippen molar-refractivity contribution in [3.05, 3.63) is 108 Å². The van der Waals surface area contributed by atoms with Gasteiger partial charge < -0.3 is 9.84 Å². The van der Waals surface area contributed by atoms with Gasteiger partial charge in [-0.25, -0.2) is 0 Å². The predicted molar refractivity (Wildman–Crippen MR) is 147 cm³/mol. The number of hydrogen-bond acceptors (Lipinski definition) is 3. The molecule has 0 amide bonds. The standard InChI is InChI=1S/C28H23BrCl3NO2/c29-17-8-6-15(7-9-17)20-13-21(20)19-11-10-18(12-25(19)32)35-14-22(28(34)16-4-5-16)27(33)26-23(30)2-1-3-24(26)31/h1-3,6-12,16,20-21,33-34H,4-5,13-14H2/b28-22-,33-27?. The summed E-state index contributed by atoms with van der Waals surface area (Å²) in [7, 11) is 0. The average molecular weight is 592 g/mol. The summed E-state index contributed by atoms with van der Waals surface area (Å²) >= 11 is 22.8. The van der Waals surface area contributed by atoms with E-state index in [-0.39, 0.29) is 24.0 Å². The fraction of sp³-hybridized carbons (Fsp3) is 0.250. The summed E-state index contributed by atoms with van der Waals surface area (Å²) < 4.78 is 7.09. The summed E-state index contributed by atoms with van der Waals surface area (Å²) in [5.41, 5.74) is 3.28. The lowest BCUT2D eigenvalue weighted by Crippen LogP contribution is -2.16. The molecule has 0 radical (unpaired) electrons. The predicted octanol–water partition coefficient (Wildman–Crippen LogP) is 9.35. The van der Waals surface area contributed by atoms with Crippen LogP contribution in [0.25, 0.3) is 0 Å². The number of aliphatic hydroxyl groups is 1. The van der Waals surface area contributed by atoms with Crippen molar-refractivity contribution in [2.45, 2.75) is 31.1 Å². The molecule has 5 rings (SSSR count). The second kappa shape index (κ2) is 10.2. The molecular weight excluding hydrogens is 569 g/mol. The van der Waals surface area contributed by atoms with Crippen LogP contribution in [-0.2, 0) is 0 Å². The highest BCUT2D eigenvalue weighted by Crippen LogP contribution is 2.56. The highest BCUT2D eigenvalue weighted by atomic mass is 79.9. The summed E-state index contributed by atoms with van der Waals surface area (Å²) in [5, 5.41) is 21.0. The van der Waals surface area contributed by atoms with E-state index in [9.17, 15) is 5.11 Å². The molecule has 7 heteroatoms. The van der Waals surface area contributed by atoms with E-state index in [0.29, 0.717) is 43.8 Å². The first-order valence-electron chi connectivity index (χ1n) is 11.5. The zero-order chi connectivity index (χ0) is 24.7. The van der Waals surface area contributed by atoms with Gasteiger partial charge in [-0.2, -0.15) is 0 Å². The molecule has 0 saturated heterocycles. The molecule has 2 unspecified atom stereocenters. The van der Waals surface area contributed by atoms with Crippen molar-refractivity contribution in [2.24, 2.45) is 5.92 Å². The first-order chi connectivity index (χ1) is 16.8. The van der Waals surface area contributed by atoms with Gasteiger partial charge in [0.15, 0.2) is 0 Å². The molecule has 0 aliphatic heterocycles. The quantitative estimate of drug-likeness (QED) is 0.203. The van der Waals surface area contributed by atoms with E-state index in [4.69, 9.17) is 44.9 Å². The molecule has 3 aromatic rings. The first kappa shape index (κ1) is 24.7. The summed E-state index contributed by atoms with van der Waals surface area (Å²) in [4.78, 5) is 0. The van der Waals surface area contributed by atoms with Crippen LogP contribution >= 0.6 is 50.7 Å². The van der Waals surface area contributed by atoms with Gasteiger partial charge >= 0.3 is 0 Å². The van der Waals surface area contributed by atoms with Gasteiger partial charge in [0.2, 0.25) is 0 Å². The lowest BCUT2D eigenvalue weighted by molar-refractivity contribution is 0.329. The molecule has 2 aliphatic rings. The Kier molecular flexibility index (Phi) is 7.18. The maximum absolute atomic E-state index is 10.8. The lowest BCUT2D eigenvalue weighted by atomic mass is 10.00. The zero-order valence-electron chi connectivity index (χ0n) is 18.7. The molecule has 3 nitrogen and oxygen atoms in total. The van der Waals surface area contributed by atoms with Gasteiger partial charge in [-0.15, -0.1) is 0 Å². The third kappa shape index (κ3) is 5.41. The Morgan fingerprint density at radius 3 is 2.26 bits per heavy atom. The molecule has 2 N–H and O–H groups in total. The monoisotopic (exact) mass is 589 g/mol. The minimum atomic E-state index is 0.0172. The largest absolute Gasteiger partial charge is 0.512 e. The van der Waals surface area contributed by atoms with Gasteiger partial charge in [-0.1, -0.05) is 75.0 Å². The maximum Gasteiger partial charge on any atom is 0.121 e. The van der Waals surface area contributed by atoms with Crippen LogP contribution in [0, 0.1) is 11.3 Å². The summed E-state index contributed by atoms with van der Waals surface area (Å²) in [6.07, 6.45) is 2.85. The molecule has 2 fully saturated rings. The van der Waals surface area contributed by atoms with Crippen molar-refractivity contribution in [2.75, 3.05) is 6.61 Å². The Labute approximate surface area is 228 Å². The Hall–Kier alpha value is -1.98. The van der Waals surface area contributed by atoms with Gasteiger partial charge in [-0.3, -0.25) is 5.41 Å². The van der Waals surface area contributed by atoms with E-state index in [1.54, 1.807) is 18.2 Å². The smallest absolute Gasteiger partial charge is 0.121 e. The number of nitrogens with one attached hydrogen (secondary N) is 1. The van der Waals surface area contributed by atoms with Crippen molar-refractivity contribution in [1.29, 1.82) is 5.41 Å². The zero-order valence-corrected chi connectivity index (χ0v) is 22.6. The second-order valence-corrected chi connectivity index (χ2v) is 11.2. The van der Waals surface area contributed by atoms with Crippen LogP contribution in [0.5, 0.6) is 5.75 Å². The van der Waals surface area contributed by atoms with Crippen molar-refractivity contribution in [3.8, 4) is 5.75 Å². The van der Waals surface area contributed by atoms with Crippen molar-refractivity contribution >= 4 is 56.4 Å². The van der Waals surface area contributed by atoms with Crippen LogP contribution < -0.4 is 4.74 Å². The van der Waals surface area contributed by atoms with E-state index >= 15 is 0 Å². The van der Waals surface area contributed by atoms with Gasteiger partial charge in [0, 0.05) is 21.0 Å². The summed E-state index contributed by atoms with van der Waals surface area (Å²) in [6.45, 7) is 0.0172. The van der Waals surface area contributed by atoms with E-state index in [1.165, 1.54) is 5.56 Å². The van der Waals surface area contributed by atoms with Crippen LogP contribution in [0.15, 0.2) is 76.5 Å². The number of ether oxygens (including phenoxy) is 1. The molecule has 3 aromatic carbocycles. The van der Waals surface area contributed by atoms with Crippen LogP contribution in [0.2, 0.25) is 15.1 Å². The topological polar surface area (TPSA) is 53.3 Å². The van der Waals surface area contributed by atoms with Gasteiger partial charge in [0.25, 0.3) is 0 Å². The third-order valence-electron chi connectivity index (χ3n) is 6.63. The van der Waals surface area contributed by atoms with Gasteiger partial charge in [0.05, 0.1) is 21.3 Å². The molecule has 2 aliphatic carbocycles. The Bertz CT molecular complexity index is 1300. The number of allylic oxidation sites excluding steroid dienone is 1. The molecule has 0 spiro atoms. The average Bonchev–Trinajstić information content (AvgIpc) is 3.74. The SMILES string of the molecule is N=C(/C(COc1ccc(C2CC2c2ccc(Br)cc2)c(Cl)c1)=C(\O)C1CC1)c1c(Cl)cccc1Cl. The minimum Gasteiger partial charge on any atom is -0.512 e. The minimum absolute atomic E-state index is 0.0172. The Morgan fingerprint density at radius 1 is 0.943 bits per heavy atom. The lowest BCUT2D eigenvalue weighted by Gasteiger charge is -2.16. The molecule has 0 bridgehead atoms. The molecule has 2 atom stereocenters. The number of hydrogen-bond donors (Lipinski definition) is 2. The molecule has 180 valence electrons. The van der Waals surface area contributed by atoms with E-state index < -0.39 is 0 Å². The fourth-order valence-electron chi connectivity index (χ4n) is 4.44. The Balaban J connectivity index is 1.32. The summed E-state index contributed by atoms with van der Waals surface area (Å²) in [5.74, 6) is 1.66. The Morgan fingerprint density at radius 2 is 1.63 bits per heavy atom.